The van der Waals surface area contributed by atoms with Crippen molar-refractivity contribution in [2.75, 3.05) is 17.6 Å². The smallest absolute Gasteiger partial charge is 0.269 e. The van der Waals surface area contributed by atoms with Crippen LogP contribution in [0.15, 0.2) is 53.4 Å². The Morgan fingerprint density at radius 3 is 2.50 bits per heavy atom. The first-order chi connectivity index (χ1) is 12.5. The molecule has 0 heterocycles. The number of hydrogen-bond acceptors (Lipinski definition) is 5. The molecule has 0 fully saturated rings. The molecule has 8 heteroatoms. The number of carbonyl (C=O) groups excluding carboxylic acids is 2. The number of nitrogens with one attached hydrogen (secondary N) is 2. The Morgan fingerprint density at radius 2 is 1.85 bits per heavy atom. The van der Waals surface area contributed by atoms with Gasteiger partial charge in [0.2, 0.25) is 5.91 Å². The van der Waals surface area contributed by atoms with Crippen LogP contribution < -0.4 is 10.6 Å². The Morgan fingerprint density at radius 1 is 1.15 bits per heavy atom. The number of hydrogen-bond donors (Lipinski definition) is 2. The number of nitrogens with zero attached hydrogens (tertiary/aromatic N) is 1. The topological polar surface area (TPSA) is 101 Å². The van der Waals surface area contributed by atoms with E-state index >= 15 is 0 Å². The van der Waals surface area contributed by atoms with Crippen LogP contribution in [0.5, 0.6) is 0 Å². The van der Waals surface area contributed by atoms with E-state index in [2.05, 4.69) is 16.6 Å². The number of terminal acetylenes is 1. The maximum Gasteiger partial charge on any atom is 0.269 e. The standard InChI is InChI=1S/C18H15N3O4S/c1-2-11-19-18(23)15-5-3-4-6-16(15)20-17(22)12-26-14-9-7-13(8-10-14)21(24)25/h1,3-10H,11-12H2,(H,19,23)(H,20,22). The summed E-state index contributed by atoms with van der Waals surface area (Å²) in [6, 6.07) is 12.5. The highest BCUT2D eigenvalue weighted by molar-refractivity contribution is 8.00. The van der Waals surface area contributed by atoms with E-state index < -0.39 is 4.92 Å². The fourth-order valence-corrected chi connectivity index (χ4v) is 2.71. The molecular formula is C18H15N3O4S. The second-order valence-electron chi connectivity index (χ2n) is 5.02. The minimum atomic E-state index is -0.483. The minimum absolute atomic E-state index is 0.00860. The van der Waals surface area contributed by atoms with Gasteiger partial charge in [-0.05, 0) is 24.3 Å². The van der Waals surface area contributed by atoms with Gasteiger partial charge in [0.1, 0.15) is 0 Å². The molecule has 7 nitrogen and oxygen atoms in total. The zero-order chi connectivity index (χ0) is 18.9. The van der Waals surface area contributed by atoms with Crippen molar-refractivity contribution >= 4 is 35.0 Å². The summed E-state index contributed by atoms with van der Waals surface area (Å²) < 4.78 is 0. The molecular weight excluding hydrogens is 354 g/mol. The van der Waals surface area contributed by atoms with Crippen LogP contribution in [0.25, 0.3) is 0 Å². The van der Waals surface area contributed by atoms with Crippen molar-refractivity contribution in [3.8, 4) is 12.3 Å². The first kappa shape index (κ1) is 19.0. The number of thioether (sulfide) groups is 1. The minimum Gasteiger partial charge on any atom is -0.341 e. The summed E-state index contributed by atoms with van der Waals surface area (Å²) in [5.74, 6) is 1.73. The van der Waals surface area contributed by atoms with E-state index in [4.69, 9.17) is 6.42 Å². The summed E-state index contributed by atoms with van der Waals surface area (Å²) in [6.45, 7) is 0.0944. The molecule has 2 aromatic carbocycles. The Hall–Kier alpha value is -3.31. The monoisotopic (exact) mass is 369 g/mol. The number of nitro benzene ring substituents is 1. The van der Waals surface area contributed by atoms with E-state index in [9.17, 15) is 19.7 Å². The van der Waals surface area contributed by atoms with Crippen LogP contribution >= 0.6 is 11.8 Å². The van der Waals surface area contributed by atoms with Gasteiger partial charge >= 0.3 is 0 Å². The van der Waals surface area contributed by atoms with Crippen molar-refractivity contribution < 1.29 is 14.5 Å². The van der Waals surface area contributed by atoms with Gasteiger partial charge in [0.05, 0.1) is 28.5 Å². The van der Waals surface area contributed by atoms with Gasteiger partial charge in [0.15, 0.2) is 0 Å². The normalized spacial score (nSPS) is 9.81. The summed E-state index contributed by atoms with van der Waals surface area (Å²) in [5.41, 5.74) is 0.693. The third-order valence-corrected chi connectivity index (χ3v) is 4.23. The van der Waals surface area contributed by atoms with Gasteiger partial charge < -0.3 is 10.6 Å². The summed E-state index contributed by atoms with van der Waals surface area (Å²) in [5, 5.41) is 15.9. The lowest BCUT2D eigenvalue weighted by molar-refractivity contribution is -0.384. The molecule has 0 radical (unpaired) electrons. The maximum absolute atomic E-state index is 12.1. The predicted molar refractivity (Wildman–Crippen MR) is 100 cm³/mol. The average Bonchev–Trinajstić information content (AvgIpc) is 2.65. The van der Waals surface area contributed by atoms with Crippen molar-refractivity contribution in [2.24, 2.45) is 0 Å². The van der Waals surface area contributed by atoms with E-state index in [0.29, 0.717) is 11.3 Å². The van der Waals surface area contributed by atoms with Crippen molar-refractivity contribution in [3.63, 3.8) is 0 Å². The summed E-state index contributed by atoms with van der Waals surface area (Å²) in [4.78, 5) is 35.1. The zero-order valence-corrected chi connectivity index (χ0v) is 14.4. The SMILES string of the molecule is C#CCNC(=O)c1ccccc1NC(=O)CSc1ccc([N+](=O)[O-])cc1. The van der Waals surface area contributed by atoms with Crippen LogP contribution in [0.4, 0.5) is 11.4 Å². The lowest BCUT2D eigenvalue weighted by atomic mass is 10.1. The van der Waals surface area contributed by atoms with Gasteiger partial charge in [-0.2, -0.15) is 0 Å². The number of nitro groups is 1. The molecule has 2 N–H and O–H groups in total. The van der Waals surface area contributed by atoms with Crippen molar-refractivity contribution in [3.05, 3.63) is 64.2 Å². The quantitative estimate of drug-likeness (QED) is 0.338. The molecule has 2 rings (SSSR count). The van der Waals surface area contributed by atoms with E-state index in [1.54, 1.807) is 36.4 Å². The highest BCUT2D eigenvalue weighted by Gasteiger charge is 2.13. The molecule has 0 aliphatic heterocycles. The van der Waals surface area contributed by atoms with Crippen molar-refractivity contribution in [2.45, 2.75) is 4.90 Å². The number of rotatable bonds is 7. The van der Waals surface area contributed by atoms with Gasteiger partial charge in [-0.1, -0.05) is 18.1 Å². The van der Waals surface area contributed by atoms with Gasteiger partial charge in [-0.25, -0.2) is 0 Å². The molecule has 0 aromatic heterocycles. The second kappa shape index (κ2) is 9.25. The fraction of sp³-hybridized carbons (Fsp3) is 0.111. The highest BCUT2D eigenvalue weighted by atomic mass is 32.2. The first-order valence-corrected chi connectivity index (χ1v) is 8.47. The van der Waals surface area contributed by atoms with Gasteiger partial charge in [0, 0.05) is 17.0 Å². The third kappa shape index (κ3) is 5.36. The molecule has 132 valence electrons. The second-order valence-corrected chi connectivity index (χ2v) is 6.07. The Bertz CT molecular complexity index is 859. The largest absolute Gasteiger partial charge is 0.341 e. The van der Waals surface area contributed by atoms with Crippen molar-refractivity contribution in [1.29, 1.82) is 0 Å². The summed E-state index contributed by atoms with van der Waals surface area (Å²) in [6.07, 6.45) is 5.12. The number of carbonyl (C=O) groups is 2. The predicted octanol–water partition coefficient (Wildman–Crippen LogP) is 2.69. The van der Waals surface area contributed by atoms with Crippen LogP contribution in [-0.2, 0) is 4.79 Å². The Labute approximate surface area is 154 Å². The lowest BCUT2D eigenvalue weighted by Crippen LogP contribution is -2.25. The van der Waals surface area contributed by atoms with Crippen LogP contribution in [0, 0.1) is 22.5 Å². The molecule has 0 saturated heterocycles. The van der Waals surface area contributed by atoms with E-state index in [1.807, 2.05) is 0 Å². The molecule has 0 aliphatic carbocycles. The molecule has 26 heavy (non-hydrogen) atoms. The highest BCUT2D eigenvalue weighted by Crippen LogP contribution is 2.22. The van der Waals surface area contributed by atoms with Crippen LogP contribution in [0.3, 0.4) is 0 Å². The first-order valence-electron chi connectivity index (χ1n) is 7.49. The summed E-state index contributed by atoms with van der Waals surface area (Å²) in [7, 11) is 0. The van der Waals surface area contributed by atoms with E-state index in [-0.39, 0.29) is 29.8 Å². The van der Waals surface area contributed by atoms with Crippen molar-refractivity contribution in [1.82, 2.24) is 5.32 Å². The van der Waals surface area contributed by atoms with E-state index in [1.165, 1.54) is 23.9 Å². The number of anilines is 1. The molecule has 0 saturated carbocycles. The summed E-state index contributed by atoms with van der Waals surface area (Å²) >= 11 is 1.23. The molecule has 0 spiro atoms. The van der Waals surface area contributed by atoms with Crippen LogP contribution in [-0.4, -0.2) is 29.0 Å². The number of non-ortho nitro benzene ring substituents is 1. The van der Waals surface area contributed by atoms with Gasteiger partial charge in [0.25, 0.3) is 11.6 Å². The molecule has 2 amide bonds. The average molecular weight is 369 g/mol. The van der Waals surface area contributed by atoms with E-state index in [0.717, 1.165) is 4.90 Å². The number of para-hydroxylation sites is 1. The number of amides is 2. The molecule has 2 aromatic rings. The number of benzene rings is 2. The Balaban J connectivity index is 1.96. The van der Waals surface area contributed by atoms with Gasteiger partial charge in [-0.15, -0.1) is 18.2 Å². The van der Waals surface area contributed by atoms with Crippen LogP contribution in [0.1, 0.15) is 10.4 Å². The molecule has 0 bridgehead atoms. The maximum atomic E-state index is 12.1. The Kier molecular flexibility index (Phi) is 6.76. The zero-order valence-electron chi connectivity index (χ0n) is 13.6. The third-order valence-electron chi connectivity index (χ3n) is 3.21. The molecule has 0 aliphatic rings. The molecule has 0 atom stereocenters. The fourth-order valence-electron chi connectivity index (χ4n) is 2.02. The lowest BCUT2D eigenvalue weighted by Gasteiger charge is -2.10. The van der Waals surface area contributed by atoms with Gasteiger partial charge in [-0.3, -0.25) is 19.7 Å². The van der Waals surface area contributed by atoms with Crippen LogP contribution in [0.2, 0.25) is 0 Å². The molecule has 0 unspecified atom stereocenters.